The molecule has 0 aliphatic heterocycles. The second kappa shape index (κ2) is 12.3. The summed E-state index contributed by atoms with van der Waals surface area (Å²) in [5, 5.41) is 0. The Morgan fingerprint density at radius 1 is 0.757 bits per heavy atom. The highest BCUT2D eigenvalue weighted by molar-refractivity contribution is 7.89. The summed E-state index contributed by atoms with van der Waals surface area (Å²) in [7, 11) is -3.72. The Morgan fingerprint density at radius 3 is 1.76 bits per heavy atom. The molecule has 0 aromatic heterocycles. The van der Waals surface area contributed by atoms with Crippen molar-refractivity contribution in [1.29, 1.82) is 0 Å². The van der Waals surface area contributed by atoms with E-state index in [9.17, 15) is 13.2 Å². The number of rotatable bonds is 11. The lowest BCUT2D eigenvalue weighted by molar-refractivity contribution is -0.134. The second-order valence-electron chi connectivity index (χ2n) is 8.73. The summed E-state index contributed by atoms with van der Waals surface area (Å²) < 4.78 is 34.1. The van der Waals surface area contributed by atoms with Gasteiger partial charge in [0.15, 0.2) is 6.61 Å². The Kier molecular flexibility index (Phi) is 8.72. The Bertz CT molecular complexity index is 1340. The van der Waals surface area contributed by atoms with E-state index in [0.29, 0.717) is 18.8 Å². The number of sulfonamides is 1. The number of carbonyl (C=O) groups excluding carboxylic acids is 1. The van der Waals surface area contributed by atoms with Gasteiger partial charge in [-0.1, -0.05) is 91.0 Å². The van der Waals surface area contributed by atoms with Crippen LogP contribution in [0.1, 0.15) is 29.7 Å². The number of nitrogens with zero attached hydrogens (tertiary/aromatic N) is 1. The Hall–Kier alpha value is -3.94. The average molecular weight is 515 g/mol. The van der Waals surface area contributed by atoms with E-state index in [4.69, 9.17) is 4.74 Å². The van der Waals surface area contributed by atoms with Crippen LogP contribution in [0.4, 0.5) is 0 Å². The first-order chi connectivity index (χ1) is 17.9. The molecule has 37 heavy (non-hydrogen) atoms. The zero-order valence-corrected chi connectivity index (χ0v) is 21.5. The van der Waals surface area contributed by atoms with Crippen LogP contribution in [-0.4, -0.2) is 25.8 Å². The van der Waals surface area contributed by atoms with Crippen LogP contribution in [0.15, 0.2) is 120 Å². The van der Waals surface area contributed by atoms with Gasteiger partial charge < -0.3 is 9.64 Å². The molecule has 6 nitrogen and oxygen atoms in total. The smallest absolute Gasteiger partial charge is 0.261 e. The Balaban J connectivity index is 1.39. The fraction of sp³-hybridized carbons (Fsp3) is 0.167. The standard InChI is InChI=1S/C30H30N2O4S/c1-24(27-15-9-4-10-16-27)31-37(34,35)29-19-17-28(18-20-29)36-23-30(33)32(21-25-11-5-2-6-12-25)22-26-13-7-3-8-14-26/h2-20,24,31H,21-23H2,1H3/t24-/m1/s1. The Labute approximate surface area is 218 Å². The molecule has 0 aliphatic rings. The molecular formula is C30H30N2O4S. The number of amides is 1. The molecule has 4 aromatic rings. The van der Waals surface area contributed by atoms with Gasteiger partial charge in [0.1, 0.15) is 5.75 Å². The molecule has 0 aliphatic carbocycles. The third-order valence-electron chi connectivity index (χ3n) is 5.91. The number of benzene rings is 4. The summed E-state index contributed by atoms with van der Waals surface area (Å²) >= 11 is 0. The van der Waals surface area contributed by atoms with Gasteiger partial charge in [-0.25, -0.2) is 13.1 Å². The lowest BCUT2D eigenvalue weighted by Crippen LogP contribution is -2.34. The average Bonchev–Trinajstić information content (AvgIpc) is 2.93. The van der Waals surface area contributed by atoms with Crippen LogP contribution in [0, 0.1) is 0 Å². The zero-order chi connectivity index (χ0) is 26.1. The molecule has 1 N–H and O–H groups in total. The van der Waals surface area contributed by atoms with Gasteiger partial charge in [0, 0.05) is 19.1 Å². The van der Waals surface area contributed by atoms with Gasteiger partial charge in [-0.05, 0) is 47.9 Å². The number of ether oxygens (including phenoxy) is 1. The van der Waals surface area contributed by atoms with Crippen LogP contribution in [0.2, 0.25) is 0 Å². The number of hydrogen-bond acceptors (Lipinski definition) is 4. The first kappa shape index (κ1) is 26.1. The first-order valence-electron chi connectivity index (χ1n) is 12.1. The third-order valence-corrected chi connectivity index (χ3v) is 7.47. The summed E-state index contributed by atoms with van der Waals surface area (Å²) in [6, 6.07) is 34.7. The van der Waals surface area contributed by atoms with Crippen LogP contribution in [0.5, 0.6) is 5.75 Å². The van der Waals surface area contributed by atoms with Crippen LogP contribution >= 0.6 is 0 Å². The maximum atomic E-state index is 13.1. The third kappa shape index (κ3) is 7.52. The topological polar surface area (TPSA) is 75.7 Å². The largest absolute Gasteiger partial charge is 0.484 e. The van der Waals surface area contributed by atoms with E-state index in [2.05, 4.69) is 4.72 Å². The molecule has 0 fully saturated rings. The van der Waals surface area contributed by atoms with Gasteiger partial charge in [0.2, 0.25) is 10.0 Å². The summed E-state index contributed by atoms with van der Waals surface area (Å²) in [6.45, 7) is 2.56. The molecule has 1 amide bonds. The molecule has 1 atom stereocenters. The molecule has 0 saturated carbocycles. The van der Waals surface area contributed by atoms with Crippen molar-refractivity contribution in [1.82, 2.24) is 9.62 Å². The number of hydrogen-bond donors (Lipinski definition) is 1. The van der Waals surface area contributed by atoms with Crippen molar-refractivity contribution in [3.8, 4) is 5.75 Å². The van der Waals surface area contributed by atoms with E-state index in [1.807, 2.05) is 91.0 Å². The number of nitrogens with one attached hydrogen (secondary N) is 1. The molecule has 7 heteroatoms. The van der Waals surface area contributed by atoms with E-state index in [0.717, 1.165) is 16.7 Å². The van der Waals surface area contributed by atoms with Crippen molar-refractivity contribution in [2.24, 2.45) is 0 Å². The monoisotopic (exact) mass is 514 g/mol. The molecule has 0 saturated heterocycles. The molecule has 0 heterocycles. The van der Waals surface area contributed by atoms with Crippen molar-refractivity contribution >= 4 is 15.9 Å². The molecule has 190 valence electrons. The van der Waals surface area contributed by atoms with E-state index in [1.54, 1.807) is 24.0 Å². The molecule has 4 aromatic carbocycles. The summed E-state index contributed by atoms with van der Waals surface area (Å²) in [5.74, 6) is 0.255. The van der Waals surface area contributed by atoms with Gasteiger partial charge in [-0.15, -0.1) is 0 Å². The fourth-order valence-electron chi connectivity index (χ4n) is 3.90. The highest BCUT2D eigenvalue weighted by Crippen LogP contribution is 2.20. The SMILES string of the molecule is C[C@@H](NS(=O)(=O)c1ccc(OCC(=O)N(Cc2ccccc2)Cc2ccccc2)cc1)c1ccccc1. The molecule has 0 spiro atoms. The van der Waals surface area contributed by atoms with Crippen LogP contribution in [0.3, 0.4) is 0 Å². The maximum absolute atomic E-state index is 13.1. The van der Waals surface area contributed by atoms with Crippen molar-refractivity contribution in [2.45, 2.75) is 31.0 Å². The van der Waals surface area contributed by atoms with E-state index < -0.39 is 10.0 Å². The van der Waals surface area contributed by atoms with E-state index in [-0.39, 0.29) is 23.5 Å². The van der Waals surface area contributed by atoms with Gasteiger partial charge in [-0.3, -0.25) is 4.79 Å². The molecule has 4 rings (SSSR count). The van der Waals surface area contributed by atoms with Crippen LogP contribution in [-0.2, 0) is 27.9 Å². The Morgan fingerprint density at radius 2 is 1.24 bits per heavy atom. The summed E-state index contributed by atoms with van der Waals surface area (Å²) in [6.07, 6.45) is 0. The summed E-state index contributed by atoms with van der Waals surface area (Å²) in [5.41, 5.74) is 2.93. The predicted molar refractivity (Wildman–Crippen MR) is 144 cm³/mol. The molecular weight excluding hydrogens is 484 g/mol. The van der Waals surface area contributed by atoms with Gasteiger partial charge in [0.05, 0.1) is 4.90 Å². The van der Waals surface area contributed by atoms with Crippen molar-refractivity contribution in [3.05, 3.63) is 132 Å². The minimum atomic E-state index is -3.72. The van der Waals surface area contributed by atoms with Crippen molar-refractivity contribution < 1.29 is 17.9 Å². The van der Waals surface area contributed by atoms with Crippen molar-refractivity contribution in [3.63, 3.8) is 0 Å². The molecule has 0 bridgehead atoms. The lowest BCUT2D eigenvalue weighted by Gasteiger charge is -2.23. The zero-order valence-electron chi connectivity index (χ0n) is 20.7. The van der Waals surface area contributed by atoms with Crippen LogP contribution in [0.25, 0.3) is 0 Å². The van der Waals surface area contributed by atoms with Crippen molar-refractivity contribution in [2.75, 3.05) is 6.61 Å². The first-order valence-corrected chi connectivity index (χ1v) is 13.5. The fourth-order valence-corrected chi connectivity index (χ4v) is 5.13. The minimum absolute atomic E-state index is 0.128. The minimum Gasteiger partial charge on any atom is -0.484 e. The van der Waals surface area contributed by atoms with Gasteiger partial charge in [0.25, 0.3) is 5.91 Å². The van der Waals surface area contributed by atoms with E-state index >= 15 is 0 Å². The van der Waals surface area contributed by atoms with E-state index in [1.165, 1.54) is 12.1 Å². The lowest BCUT2D eigenvalue weighted by atomic mass is 10.1. The van der Waals surface area contributed by atoms with Crippen LogP contribution < -0.4 is 9.46 Å². The predicted octanol–water partition coefficient (Wildman–Crippen LogP) is 5.33. The highest BCUT2D eigenvalue weighted by atomic mass is 32.2. The molecule has 0 unspecified atom stereocenters. The normalized spacial score (nSPS) is 12.0. The van der Waals surface area contributed by atoms with Gasteiger partial charge >= 0.3 is 0 Å². The number of carbonyl (C=O) groups is 1. The highest BCUT2D eigenvalue weighted by Gasteiger charge is 2.19. The molecule has 0 radical (unpaired) electrons. The summed E-state index contributed by atoms with van der Waals surface area (Å²) in [4.78, 5) is 15.0. The maximum Gasteiger partial charge on any atom is 0.261 e. The quantitative estimate of drug-likeness (QED) is 0.293. The second-order valence-corrected chi connectivity index (χ2v) is 10.4. The van der Waals surface area contributed by atoms with Gasteiger partial charge in [-0.2, -0.15) is 0 Å².